The van der Waals surface area contributed by atoms with E-state index >= 15 is 0 Å². The monoisotopic (exact) mass is 368 g/mol. The standard InChI is InChI=1S/C15H13ClN2O3S2/c1-10-7-11(16)4-5-14(10)23(19,20)17-8-12-9-21-15(18-12)13-3-2-6-22-13/h2-7,9,17H,8H2,1H3. The zero-order chi connectivity index (χ0) is 16.4. The average Bonchev–Trinajstić information content (AvgIpc) is 3.16. The lowest BCUT2D eigenvalue weighted by molar-refractivity contribution is 0.570. The van der Waals surface area contributed by atoms with Gasteiger partial charge in [0.2, 0.25) is 15.9 Å². The van der Waals surface area contributed by atoms with Crippen molar-refractivity contribution in [2.24, 2.45) is 0 Å². The molecule has 0 amide bonds. The average molecular weight is 369 g/mol. The summed E-state index contributed by atoms with van der Waals surface area (Å²) in [6.45, 7) is 1.75. The van der Waals surface area contributed by atoms with Crippen LogP contribution in [-0.4, -0.2) is 13.4 Å². The van der Waals surface area contributed by atoms with E-state index in [4.69, 9.17) is 16.0 Å². The molecule has 0 atom stereocenters. The summed E-state index contributed by atoms with van der Waals surface area (Å²) < 4.78 is 32.6. The first-order chi connectivity index (χ1) is 11.0. The Morgan fingerprint density at radius 1 is 1.35 bits per heavy atom. The van der Waals surface area contributed by atoms with Gasteiger partial charge in [-0.1, -0.05) is 17.7 Å². The Bertz CT molecular complexity index is 918. The molecule has 3 aromatic rings. The van der Waals surface area contributed by atoms with E-state index in [-0.39, 0.29) is 11.4 Å². The van der Waals surface area contributed by atoms with Crippen LogP contribution in [0.1, 0.15) is 11.3 Å². The lowest BCUT2D eigenvalue weighted by Crippen LogP contribution is -2.24. The first kappa shape index (κ1) is 16.2. The molecule has 0 aliphatic heterocycles. The Hall–Kier alpha value is -1.67. The van der Waals surface area contributed by atoms with Crippen molar-refractivity contribution in [2.75, 3.05) is 0 Å². The molecule has 23 heavy (non-hydrogen) atoms. The number of oxazole rings is 1. The van der Waals surface area contributed by atoms with E-state index in [1.165, 1.54) is 23.7 Å². The third-order valence-electron chi connectivity index (χ3n) is 3.15. The van der Waals surface area contributed by atoms with Crippen LogP contribution >= 0.6 is 22.9 Å². The van der Waals surface area contributed by atoms with Crippen LogP contribution < -0.4 is 4.72 Å². The Kier molecular flexibility index (Phi) is 4.54. The van der Waals surface area contributed by atoms with Crippen LogP contribution in [0.5, 0.6) is 0 Å². The highest BCUT2D eigenvalue weighted by atomic mass is 35.5. The first-order valence-electron chi connectivity index (χ1n) is 6.70. The fraction of sp³-hybridized carbons (Fsp3) is 0.133. The van der Waals surface area contributed by atoms with Gasteiger partial charge in [-0.15, -0.1) is 11.3 Å². The number of hydrogen-bond acceptors (Lipinski definition) is 5. The summed E-state index contributed by atoms with van der Waals surface area (Å²) in [5, 5.41) is 2.42. The molecule has 0 unspecified atom stereocenters. The van der Waals surface area contributed by atoms with Gasteiger partial charge in [0, 0.05) is 5.02 Å². The largest absolute Gasteiger partial charge is 0.444 e. The van der Waals surface area contributed by atoms with Crippen molar-refractivity contribution in [1.29, 1.82) is 0 Å². The fourth-order valence-corrected chi connectivity index (χ4v) is 4.17. The minimum Gasteiger partial charge on any atom is -0.444 e. The molecule has 0 spiro atoms. The predicted octanol–water partition coefficient (Wildman–Crippen LogP) is 3.84. The molecule has 2 heterocycles. The lowest BCUT2D eigenvalue weighted by Gasteiger charge is -2.08. The van der Waals surface area contributed by atoms with Crippen LogP contribution in [0.25, 0.3) is 10.8 Å². The number of halogens is 1. The van der Waals surface area contributed by atoms with Gasteiger partial charge in [0.15, 0.2) is 0 Å². The topological polar surface area (TPSA) is 72.2 Å². The first-order valence-corrected chi connectivity index (χ1v) is 9.44. The maximum absolute atomic E-state index is 12.4. The van der Waals surface area contributed by atoms with Crippen molar-refractivity contribution in [3.8, 4) is 10.8 Å². The number of rotatable bonds is 5. The highest BCUT2D eigenvalue weighted by Crippen LogP contribution is 2.24. The second-order valence-corrected chi connectivity index (χ2v) is 7.98. The van der Waals surface area contributed by atoms with Crippen molar-refractivity contribution >= 4 is 33.0 Å². The predicted molar refractivity (Wildman–Crippen MR) is 90.0 cm³/mol. The van der Waals surface area contributed by atoms with Gasteiger partial charge < -0.3 is 4.42 Å². The second-order valence-electron chi connectivity index (χ2n) is 4.86. The lowest BCUT2D eigenvalue weighted by atomic mass is 10.2. The Balaban J connectivity index is 1.75. The maximum Gasteiger partial charge on any atom is 0.241 e. The summed E-state index contributed by atoms with van der Waals surface area (Å²) in [6.07, 6.45) is 1.45. The Morgan fingerprint density at radius 3 is 2.87 bits per heavy atom. The van der Waals surface area contributed by atoms with E-state index in [2.05, 4.69) is 9.71 Å². The molecule has 0 saturated heterocycles. The molecular formula is C15H13ClN2O3S2. The van der Waals surface area contributed by atoms with Gasteiger partial charge in [0.05, 0.1) is 22.0 Å². The van der Waals surface area contributed by atoms with Crippen LogP contribution in [0.2, 0.25) is 5.02 Å². The third-order valence-corrected chi connectivity index (χ3v) is 5.81. The van der Waals surface area contributed by atoms with Gasteiger partial charge in [-0.25, -0.2) is 18.1 Å². The number of benzene rings is 1. The number of sulfonamides is 1. The van der Waals surface area contributed by atoms with Crippen LogP contribution in [0.4, 0.5) is 0 Å². The summed E-state index contributed by atoms with van der Waals surface area (Å²) >= 11 is 7.36. The van der Waals surface area contributed by atoms with Gasteiger partial charge >= 0.3 is 0 Å². The summed E-state index contributed by atoms with van der Waals surface area (Å²) in [6, 6.07) is 8.44. The molecule has 1 N–H and O–H groups in total. The highest BCUT2D eigenvalue weighted by molar-refractivity contribution is 7.89. The SMILES string of the molecule is Cc1cc(Cl)ccc1S(=O)(=O)NCc1coc(-c2cccs2)n1. The van der Waals surface area contributed by atoms with Crippen molar-refractivity contribution in [3.63, 3.8) is 0 Å². The van der Waals surface area contributed by atoms with E-state index in [0.717, 1.165) is 4.88 Å². The zero-order valence-corrected chi connectivity index (χ0v) is 14.5. The fourth-order valence-electron chi connectivity index (χ4n) is 2.06. The molecule has 0 radical (unpaired) electrons. The minimum absolute atomic E-state index is 0.0548. The maximum atomic E-state index is 12.4. The molecule has 0 aliphatic rings. The smallest absolute Gasteiger partial charge is 0.241 e. The number of hydrogen-bond donors (Lipinski definition) is 1. The molecule has 5 nitrogen and oxygen atoms in total. The van der Waals surface area contributed by atoms with Crippen molar-refractivity contribution < 1.29 is 12.8 Å². The number of aromatic nitrogens is 1. The van der Waals surface area contributed by atoms with Crippen LogP contribution in [0, 0.1) is 6.92 Å². The third kappa shape index (κ3) is 3.64. The summed E-state index contributed by atoms with van der Waals surface area (Å²) in [4.78, 5) is 5.38. The number of nitrogens with one attached hydrogen (secondary N) is 1. The van der Waals surface area contributed by atoms with Crippen LogP contribution in [0.15, 0.2) is 51.3 Å². The van der Waals surface area contributed by atoms with Gasteiger partial charge in [0.1, 0.15) is 6.26 Å². The molecule has 1 aromatic carbocycles. The van der Waals surface area contributed by atoms with Crippen LogP contribution in [-0.2, 0) is 16.6 Å². The van der Waals surface area contributed by atoms with Gasteiger partial charge in [0.25, 0.3) is 0 Å². The van der Waals surface area contributed by atoms with Crippen molar-refractivity contribution in [2.45, 2.75) is 18.4 Å². The molecule has 2 aromatic heterocycles. The zero-order valence-electron chi connectivity index (χ0n) is 12.1. The van der Waals surface area contributed by atoms with Gasteiger partial charge in [-0.05, 0) is 42.1 Å². The quantitative estimate of drug-likeness (QED) is 0.742. The van der Waals surface area contributed by atoms with Crippen molar-refractivity contribution in [1.82, 2.24) is 9.71 Å². The number of aryl methyl sites for hydroxylation is 1. The van der Waals surface area contributed by atoms with E-state index < -0.39 is 10.0 Å². The molecule has 0 aliphatic carbocycles. The number of nitrogens with zero attached hydrogens (tertiary/aromatic N) is 1. The van der Waals surface area contributed by atoms with E-state index in [1.54, 1.807) is 19.1 Å². The van der Waals surface area contributed by atoms with Gasteiger partial charge in [-0.3, -0.25) is 0 Å². The summed E-state index contributed by atoms with van der Waals surface area (Å²) in [5.41, 5.74) is 1.10. The molecule has 120 valence electrons. The highest BCUT2D eigenvalue weighted by Gasteiger charge is 2.17. The van der Waals surface area contributed by atoms with E-state index in [1.807, 2.05) is 17.5 Å². The molecule has 3 rings (SSSR count). The summed E-state index contributed by atoms with van der Waals surface area (Å²) in [7, 11) is -3.64. The normalized spacial score (nSPS) is 11.7. The second kappa shape index (κ2) is 6.45. The minimum atomic E-state index is -3.64. The van der Waals surface area contributed by atoms with E-state index in [9.17, 15) is 8.42 Å². The molecular weight excluding hydrogens is 356 g/mol. The molecule has 0 bridgehead atoms. The van der Waals surface area contributed by atoms with Gasteiger partial charge in [-0.2, -0.15) is 0 Å². The molecule has 0 fully saturated rings. The number of thiophene rings is 1. The summed E-state index contributed by atoms with van der Waals surface area (Å²) in [5.74, 6) is 0.483. The Labute approximate surface area is 143 Å². The van der Waals surface area contributed by atoms with Crippen molar-refractivity contribution in [3.05, 3.63) is 58.3 Å². The Morgan fingerprint density at radius 2 is 2.17 bits per heavy atom. The van der Waals surface area contributed by atoms with Crippen LogP contribution in [0.3, 0.4) is 0 Å². The molecule has 0 saturated carbocycles. The van der Waals surface area contributed by atoms with E-state index in [0.29, 0.717) is 22.2 Å². The molecule has 8 heteroatoms.